The number of hydrogen-bond donors (Lipinski definition) is 0. The van der Waals surface area contributed by atoms with Crippen molar-refractivity contribution in [3.05, 3.63) is 83.4 Å². The highest BCUT2D eigenvalue weighted by atomic mass is 32.2. The monoisotopic (exact) mass is 347 g/mol. The van der Waals surface area contributed by atoms with Crippen molar-refractivity contribution in [2.75, 3.05) is 11.5 Å². The molecular formula is C22H21NOS. The second-order valence-corrected chi connectivity index (χ2v) is 7.31. The first-order valence-electron chi connectivity index (χ1n) is 8.56. The largest absolute Gasteiger partial charge is 0.491 e. The van der Waals surface area contributed by atoms with E-state index in [9.17, 15) is 0 Å². The third-order valence-electron chi connectivity index (χ3n) is 4.73. The number of nitrogens with zero attached hydrogens (tertiary/aromatic N) is 1. The minimum Gasteiger partial charge on any atom is -0.491 e. The van der Waals surface area contributed by atoms with E-state index in [1.165, 1.54) is 16.0 Å². The molecule has 4 rings (SSSR count). The molecule has 0 aromatic heterocycles. The van der Waals surface area contributed by atoms with Gasteiger partial charge in [0, 0.05) is 9.80 Å². The van der Waals surface area contributed by atoms with E-state index >= 15 is 0 Å². The number of fused-ring (bicyclic) bond motifs is 2. The van der Waals surface area contributed by atoms with Crippen LogP contribution in [0.1, 0.15) is 17.5 Å². The van der Waals surface area contributed by atoms with Crippen LogP contribution in [0, 0.1) is 6.92 Å². The lowest BCUT2D eigenvalue weighted by Gasteiger charge is -2.35. The minimum atomic E-state index is 0.773. The summed E-state index contributed by atoms with van der Waals surface area (Å²) in [6.07, 6.45) is 5.97. The van der Waals surface area contributed by atoms with Crippen LogP contribution < -0.4 is 9.64 Å². The lowest BCUT2D eigenvalue weighted by molar-refractivity contribution is 0.289. The van der Waals surface area contributed by atoms with Crippen LogP contribution in [0.4, 0.5) is 11.4 Å². The zero-order chi connectivity index (χ0) is 17.4. The van der Waals surface area contributed by atoms with E-state index in [1.54, 1.807) is 11.8 Å². The minimum absolute atomic E-state index is 0.773. The molecule has 0 fully saturated rings. The Morgan fingerprint density at radius 1 is 1.08 bits per heavy atom. The summed E-state index contributed by atoms with van der Waals surface area (Å²) in [5.74, 6) is 1.01. The van der Waals surface area contributed by atoms with Gasteiger partial charge in [0.2, 0.25) is 0 Å². The number of anilines is 2. The van der Waals surface area contributed by atoms with E-state index < -0.39 is 0 Å². The van der Waals surface area contributed by atoms with Crippen molar-refractivity contribution in [1.82, 2.24) is 0 Å². The van der Waals surface area contributed by atoms with Crippen LogP contribution in [-0.2, 0) is 6.42 Å². The molecule has 0 saturated heterocycles. The number of hydrogen-bond acceptors (Lipinski definition) is 3. The molecule has 0 amide bonds. The van der Waals surface area contributed by atoms with E-state index in [-0.39, 0.29) is 0 Å². The van der Waals surface area contributed by atoms with Gasteiger partial charge < -0.3 is 9.64 Å². The van der Waals surface area contributed by atoms with Gasteiger partial charge in [0.15, 0.2) is 0 Å². The van der Waals surface area contributed by atoms with Crippen molar-refractivity contribution in [2.45, 2.75) is 24.7 Å². The fourth-order valence-electron chi connectivity index (χ4n) is 3.52. The number of benzene rings is 2. The van der Waals surface area contributed by atoms with E-state index in [2.05, 4.69) is 61.4 Å². The zero-order valence-electron chi connectivity index (χ0n) is 14.4. The quantitative estimate of drug-likeness (QED) is 0.661. The van der Waals surface area contributed by atoms with Crippen molar-refractivity contribution in [3.63, 3.8) is 0 Å². The normalized spacial score (nSPS) is 16.0. The molecule has 0 bridgehead atoms. The Morgan fingerprint density at radius 2 is 1.92 bits per heavy atom. The van der Waals surface area contributed by atoms with Crippen LogP contribution in [0.2, 0.25) is 0 Å². The maximum Gasteiger partial charge on any atom is 0.146 e. The molecule has 0 unspecified atom stereocenters. The van der Waals surface area contributed by atoms with Crippen molar-refractivity contribution in [2.24, 2.45) is 0 Å². The summed E-state index contributed by atoms with van der Waals surface area (Å²) in [5.41, 5.74) is 5.92. The third kappa shape index (κ3) is 2.59. The van der Waals surface area contributed by atoms with Gasteiger partial charge in [-0.3, -0.25) is 0 Å². The maximum absolute atomic E-state index is 6.13. The van der Waals surface area contributed by atoms with Gasteiger partial charge in [0.05, 0.1) is 23.7 Å². The third-order valence-corrected chi connectivity index (χ3v) is 5.89. The number of allylic oxidation sites excluding steroid dienone is 2. The molecule has 0 spiro atoms. The predicted molar refractivity (Wildman–Crippen MR) is 107 cm³/mol. The first-order chi connectivity index (χ1) is 12.2. The Kier molecular flexibility index (Phi) is 4.18. The highest BCUT2D eigenvalue weighted by Gasteiger charge is 2.28. The molecule has 2 aliphatic rings. The first-order valence-corrected chi connectivity index (χ1v) is 9.37. The number of rotatable bonds is 3. The summed E-state index contributed by atoms with van der Waals surface area (Å²) >= 11 is 1.74. The first kappa shape index (κ1) is 16.1. The molecule has 0 atom stereocenters. The van der Waals surface area contributed by atoms with Crippen LogP contribution in [0.5, 0.6) is 5.75 Å². The Labute approximate surface area is 153 Å². The number of ether oxygens (including phenoxy) is 1. The number of thioether (sulfide) groups is 1. The smallest absolute Gasteiger partial charge is 0.146 e. The second-order valence-electron chi connectivity index (χ2n) is 6.22. The highest BCUT2D eigenvalue weighted by Crippen LogP contribution is 2.50. The molecule has 0 radical (unpaired) electrons. The van der Waals surface area contributed by atoms with Gasteiger partial charge in [0.1, 0.15) is 5.75 Å². The van der Waals surface area contributed by atoms with E-state index in [0.29, 0.717) is 0 Å². The Bertz CT molecular complexity index is 897. The number of para-hydroxylation sites is 1. The fraction of sp³-hybridized carbons (Fsp3) is 0.182. The second kappa shape index (κ2) is 6.49. The summed E-state index contributed by atoms with van der Waals surface area (Å²) in [4.78, 5) is 4.59. The molecule has 3 heteroatoms. The average molecular weight is 347 g/mol. The summed E-state index contributed by atoms with van der Waals surface area (Å²) in [6, 6.07) is 12.8. The van der Waals surface area contributed by atoms with Gasteiger partial charge in [-0.15, -0.1) is 0 Å². The summed E-state index contributed by atoms with van der Waals surface area (Å²) in [7, 11) is 0. The Balaban J connectivity index is 1.99. The average Bonchev–Trinajstić information content (AvgIpc) is 2.67. The molecule has 2 nitrogen and oxygen atoms in total. The fourth-order valence-corrected chi connectivity index (χ4v) is 4.53. The van der Waals surface area contributed by atoms with Gasteiger partial charge in [-0.2, -0.15) is 0 Å². The molecule has 0 saturated carbocycles. The van der Waals surface area contributed by atoms with Crippen LogP contribution >= 0.6 is 11.8 Å². The predicted octanol–water partition coefficient (Wildman–Crippen LogP) is 6.15. The molecule has 2 heterocycles. The van der Waals surface area contributed by atoms with E-state index in [1.807, 2.05) is 12.2 Å². The Hall–Kier alpha value is -2.39. The summed E-state index contributed by atoms with van der Waals surface area (Å²) in [5, 5.41) is 0. The van der Waals surface area contributed by atoms with E-state index in [4.69, 9.17) is 4.74 Å². The molecule has 2 aromatic carbocycles. The standard InChI is InChI=1S/C22H21NOS/c1-4-17-20(5-2)25-21-11-7-6-10-18(21)23(17)19-13-12-15(3)16-9-8-14-24-22(16)19/h4-7,10-13H,1-2,8-9,14H2,3H3. The summed E-state index contributed by atoms with van der Waals surface area (Å²) in [6.45, 7) is 11.0. The molecule has 2 aliphatic heterocycles. The molecule has 25 heavy (non-hydrogen) atoms. The van der Waals surface area contributed by atoms with Gasteiger partial charge >= 0.3 is 0 Å². The highest BCUT2D eigenvalue weighted by molar-refractivity contribution is 8.03. The molecular weight excluding hydrogens is 326 g/mol. The van der Waals surface area contributed by atoms with Crippen LogP contribution in [-0.4, -0.2) is 6.61 Å². The van der Waals surface area contributed by atoms with Crippen molar-refractivity contribution in [3.8, 4) is 5.75 Å². The molecule has 126 valence electrons. The van der Waals surface area contributed by atoms with Gasteiger partial charge in [0.25, 0.3) is 0 Å². The van der Waals surface area contributed by atoms with Gasteiger partial charge in [-0.25, -0.2) is 0 Å². The zero-order valence-corrected chi connectivity index (χ0v) is 15.2. The SMILES string of the molecule is C=CC1=C(C=C)N(c2ccc(C)c3c2OCCC3)c2ccccc2S1. The van der Waals surface area contributed by atoms with Crippen molar-refractivity contribution in [1.29, 1.82) is 0 Å². The molecule has 0 aliphatic carbocycles. The topological polar surface area (TPSA) is 12.5 Å². The van der Waals surface area contributed by atoms with Crippen molar-refractivity contribution < 1.29 is 4.74 Å². The lowest BCUT2D eigenvalue weighted by Crippen LogP contribution is -2.22. The van der Waals surface area contributed by atoms with Crippen LogP contribution in [0.3, 0.4) is 0 Å². The van der Waals surface area contributed by atoms with Crippen LogP contribution in [0.25, 0.3) is 0 Å². The van der Waals surface area contributed by atoms with Crippen LogP contribution in [0.15, 0.2) is 77.2 Å². The molecule has 2 aromatic rings. The lowest BCUT2D eigenvalue weighted by atomic mass is 9.98. The van der Waals surface area contributed by atoms with Crippen molar-refractivity contribution >= 4 is 23.1 Å². The summed E-state index contributed by atoms with van der Waals surface area (Å²) < 4.78 is 6.13. The Morgan fingerprint density at radius 3 is 2.72 bits per heavy atom. The maximum atomic E-state index is 6.13. The number of aryl methyl sites for hydroxylation is 1. The van der Waals surface area contributed by atoms with E-state index in [0.717, 1.165) is 47.2 Å². The van der Waals surface area contributed by atoms with Gasteiger partial charge in [-0.1, -0.05) is 49.2 Å². The van der Waals surface area contributed by atoms with Gasteiger partial charge in [-0.05, 0) is 55.2 Å². The molecule has 0 N–H and O–H groups in total.